The van der Waals surface area contributed by atoms with E-state index in [1.165, 1.54) is 0 Å². The highest BCUT2D eigenvalue weighted by Crippen LogP contribution is 2.43. The Morgan fingerprint density at radius 1 is 1.28 bits per heavy atom. The summed E-state index contributed by atoms with van der Waals surface area (Å²) in [6.07, 6.45) is 1.38. The summed E-state index contributed by atoms with van der Waals surface area (Å²) in [7, 11) is 0. The van der Waals surface area contributed by atoms with Crippen LogP contribution in [-0.4, -0.2) is 35.1 Å². The number of esters is 1. The first-order valence-corrected chi connectivity index (χ1v) is 8.65. The van der Waals surface area contributed by atoms with Crippen LogP contribution < -0.4 is 4.90 Å². The molecule has 2 aromatic carbocycles. The molecule has 0 aliphatic carbocycles. The number of hydrogen-bond acceptors (Lipinski definition) is 5. The molecule has 1 aliphatic heterocycles. The monoisotopic (exact) mass is 343 g/mol. The molecule has 2 aromatic rings. The van der Waals surface area contributed by atoms with E-state index in [-0.39, 0.29) is 18.4 Å². The number of benzene rings is 2. The second-order valence-corrected chi connectivity index (χ2v) is 7.51. The molecule has 0 saturated heterocycles. The lowest BCUT2D eigenvalue weighted by molar-refractivity contribution is -0.156. The number of rotatable bonds is 2. The zero-order valence-corrected chi connectivity index (χ0v) is 15.0. The second-order valence-electron chi connectivity index (χ2n) is 7.51. The zero-order chi connectivity index (χ0) is 18.2. The Hall–Kier alpha value is -2.27. The third-order valence-electron chi connectivity index (χ3n) is 4.50. The van der Waals surface area contributed by atoms with Gasteiger partial charge in [0.2, 0.25) is 0 Å². The molecule has 2 N–H and O–H groups in total. The summed E-state index contributed by atoms with van der Waals surface area (Å²) < 4.78 is 5.61. The van der Waals surface area contributed by atoms with Crippen molar-refractivity contribution in [1.82, 2.24) is 0 Å². The van der Waals surface area contributed by atoms with Gasteiger partial charge in [-0.3, -0.25) is 4.79 Å². The third-order valence-corrected chi connectivity index (χ3v) is 4.50. The van der Waals surface area contributed by atoms with Gasteiger partial charge in [0.1, 0.15) is 18.1 Å². The number of anilines is 1. The van der Waals surface area contributed by atoms with E-state index in [1.54, 1.807) is 6.07 Å². The summed E-state index contributed by atoms with van der Waals surface area (Å²) in [5, 5.41) is 21.9. The lowest BCUT2D eigenvalue weighted by atomic mass is 9.91. The van der Waals surface area contributed by atoms with E-state index in [2.05, 4.69) is 0 Å². The molecule has 5 nitrogen and oxygen atoms in total. The highest BCUT2D eigenvalue weighted by atomic mass is 16.6. The van der Waals surface area contributed by atoms with Crippen LogP contribution in [0.2, 0.25) is 0 Å². The largest absolute Gasteiger partial charge is 0.507 e. The first kappa shape index (κ1) is 17.5. The third kappa shape index (κ3) is 3.42. The summed E-state index contributed by atoms with van der Waals surface area (Å²) >= 11 is 0. The normalized spacial score (nSPS) is 17.9. The number of ether oxygens (including phenoxy) is 1. The molecule has 0 amide bonds. The Labute approximate surface area is 147 Å². The number of aliphatic hydroxyl groups is 1. The van der Waals surface area contributed by atoms with Crippen molar-refractivity contribution in [2.45, 2.75) is 45.1 Å². The molecule has 1 atom stereocenters. The first-order valence-electron chi connectivity index (χ1n) is 8.65. The molecule has 1 heterocycles. The predicted molar refractivity (Wildman–Crippen MR) is 97.9 cm³/mol. The van der Waals surface area contributed by atoms with Crippen molar-refractivity contribution in [1.29, 1.82) is 0 Å². The van der Waals surface area contributed by atoms with Gasteiger partial charge < -0.3 is 19.8 Å². The van der Waals surface area contributed by atoms with Crippen molar-refractivity contribution in [3.63, 3.8) is 0 Å². The predicted octanol–water partition coefficient (Wildman–Crippen LogP) is 3.52. The lowest BCUT2D eigenvalue weighted by Crippen LogP contribution is -2.28. The fourth-order valence-corrected chi connectivity index (χ4v) is 3.49. The van der Waals surface area contributed by atoms with Gasteiger partial charge in [-0.2, -0.15) is 0 Å². The molecular formula is C20H25NO4. The van der Waals surface area contributed by atoms with Crippen LogP contribution in [0.5, 0.6) is 5.75 Å². The molecule has 25 heavy (non-hydrogen) atoms. The van der Waals surface area contributed by atoms with Gasteiger partial charge in [0.05, 0.1) is 11.6 Å². The average molecular weight is 343 g/mol. The summed E-state index contributed by atoms with van der Waals surface area (Å²) in [6.45, 7) is 6.06. The highest BCUT2D eigenvalue weighted by Gasteiger charge is 2.33. The number of hydrogen-bond donors (Lipinski definition) is 2. The Kier molecular flexibility index (Phi) is 4.60. The SMILES string of the molecule is CC(C)(C)OC(=O)C1CCCN(CO)c2c1cc(O)c1ccccc21. The molecule has 0 aromatic heterocycles. The van der Waals surface area contributed by atoms with Gasteiger partial charge in [0.15, 0.2) is 0 Å². The Balaban J connectivity index is 2.19. The van der Waals surface area contributed by atoms with Crippen molar-refractivity contribution < 1.29 is 19.7 Å². The van der Waals surface area contributed by atoms with E-state index in [9.17, 15) is 15.0 Å². The van der Waals surface area contributed by atoms with Crippen molar-refractivity contribution >= 4 is 22.4 Å². The number of carbonyl (C=O) groups is 1. The van der Waals surface area contributed by atoms with E-state index in [1.807, 2.05) is 49.9 Å². The molecule has 5 heteroatoms. The van der Waals surface area contributed by atoms with Crippen LogP contribution in [-0.2, 0) is 9.53 Å². The number of phenols is 1. The van der Waals surface area contributed by atoms with Crippen molar-refractivity contribution in [3.05, 3.63) is 35.9 Å². The summed E-state index contributed by atoms with van der Waals surface area (Å²) in [4.78, 5) is 14.6. The molecule has 0 saturated carbocycles. The lowest BCUT2D eigenvalue weighted by Gasteiger charge is -2.27. The molecular weight excluding hydrogens is 318 g/mol. The van der Waals surface area contributed by atoms with Crippen molar-refractivity contribution in [2.24, 2.45) is 0 Å². The van der Waals surface area contributed by atoms with Gasteiger partial charge in [-0.1, -0.05) is 24.3 Å². The number of carbonyl (C=O) groups excluding carboxylic acids is 1. The molecule has 0 bridgehead atoms. The van der Waals surface area contributed by atoms with Gasteiger partial charge in [-0.15, -0.1) is 0 Å². The molecule has 0 fully saturated rings. The van der Waals surface area contributed by atoms with E-state index >= 15 is 0 Å². The Bertz CT molecular complexity index is 794. The van der Waals surface area contributed by atoms with E-state index < -0.39 is 11.5 Å². The van der Waals surface area contributed by atoms with Crippen LogP contribution in [0.15, 0.2) is 30.3 Å². The Morgan fingerprint density at radius 2 is 1.96 bits per heavy atom. The van der Waals surface area contributed by atoms with E-state index in [0.29, 0.717) is 18.4 Å². The van der Waals surface area contributed by atoms with Crippen LogP contribution in [0.4, 0.5) is 5.69 Å². The van der Waals surface area contributed by atoms with Crippen molar-refractivity contribution in [2.75, 3.05) is 18.2 Å². The molecule has 1 unspecified atom stereocenters. The minimum atomic E-state index is -0.570. The quantitative estimate of drug-likeness (QED) is 0.817. The fourth-order valence-electron chi connectivity index (χ4n) is 3.49. The van der Waals surface area contributed by atoms with Crippen molar-refractivity contribution in [3.8, 4) is 5.75 Å². The molecule has 1 aliphatic rings. The molecule has 0 spiro atoms. The van der Waals surface area contributed by atoms with Crippen LogP contribution >= 0.6 is 0 Å². The average Bonchev–Trinajstić information content (AvgIpc) is 2.73. The Morgan fingerprint density at radius 3 is 2.60 bits per heavy atom. The molecule has 3 rings (SSSR count). The summed E-state index contributed by atoms with van der Waals surface area (Å²) in [6, 6.07) is 9.16. The van der Waals surface area contributed by atoms with Crippen LogP contribution in [0.3, 0.4) is 0 Å². The van der Waals surface area contributed by atoms with Gasteiger partial charge in [0, 0.05) is 17.3 Å². The standard InChI is InChI=1S/C20H25NO4/c1-20(2,3)25-19(24)15-9-6-10-21(12-22)18-14-8-5-4-7-13(14)17(23)11-16(15)18/h4-5,7-8,11,15,22-23H,6,9-10,12H2,1-3H3. The second kappa shape index (κ2) is 6.56. The van der Waals surface area contributed by atoms with Gasteiger partial charge in [0.25, 0.3) is 0 Å². The van der Waals surface area contributed by atoms with Crippen LogP contribution in [0.1, 0.15) is 45.1 Å². The minimum absolute atomic E-state index is 0.136. The van der Waals surface area contributed by atoms with Crippen LogP contribution in [0, 0.1) is 0 Å². The fraction of sp³-hybridized carbons (Fsp3) is 0.450. The van der Waals surface area contributed by atoms with Crippen LogP contribution in [0.25, 0.3) is 10.8 Å². The maximum atomic E-state index is 12.8. The van der Waals surface area contributed by atoms with Gasteiger partial charge in [-0.05, 0) is 45.2 Å². The maximum Gasteiger partial charge on any atom is 0.314 e. The number of aromatic hydroxyl groups is 1. The zero-order valence-electron chi connectivity index (χ0n) is 15.0. The summed E-state index contributed by atoms with van der Waals surface area (Å²) in [5.41, 5.74) is 0.959. The van der Waals surface area contributed by atoms with E-state index in [4.69, 9.17) is 4.74 Å². The first-order chi connectivity index (χ1) is 11.8. The maximum absolute atomic E-state index is 12.8. The number of fused-ring (bicyclic) bond motifs is 3. The summed E-state index contributed by atoms with van der Waals surface area (Å²) in [5.74, 6) is -0.604. The van der Waals surface area contributed by atoms with E-state index in [0.717, 1.165) is 23.1 Å². The number of phenolic OH excluding ortho intramolecular Hbond substituents is 1. The van der Waals surface area contributed by atoms with Gasteiger partial charge in [-0.25, -0.2) is 0 Å². The smallest absolute Gasteiger partial charge is 0.314 e. The topological polar surface area (TPSA) is 70.0 Å². The minimum Gasteiger partial charge on any atom is -0.507 e. The number of nitrogens with zero attached hydrogens (tertiary/aromatic N) is 1. The molecule has 134 valence electrons. The number of aliphatic hydroxyl groups excluding tert-OH is 1. The molecule has 0 radical (unpaired) electrons. The highest BCUT2D eigenvalue weighted by molar-refractivity contribution is 6.01. The van der Waals surface area contributed by atoms with Gasteiger partial charge >= 0.3 is 5.97 Å².